The molecule has 0 unspecified atom stereocenters. The molecule has 1 N–H and O–H groups in total. The van der Waals surface area contributed by atoms with Crippen molar-refractivity contribution in [2.45, 2.75) is 18.9 Å². The van der Waals surface area contributed by atoms with Crippen molar-refractivity contribution in [3.63, 3.8) is 0 Å². The van der Waals surface area contributed by atoms with E-state index in [4.69, 9.17) is 0 Å². The summed E-state index contributed by atoms with van der Waals surface area (Å²) < 4.78 is 0. The van der Waals surface area contributed by atoms with Crippen LogP contribution in [0, 0.1) is 15.5 Å². The van der Waals surface area contributed by atoms with E-state index in [9.17, 15) is 24.5 Å². The number of anilines is 1. The van der Waals surface area contributed by atoms with Crippen molar-refractivity contribution in [2.75, 3.05) is 18.5 Å². The molecule has 36 heavy (non-hydrogen) atoms. The van der Waals surface area contributed by atoms with Crippen LogP contribution in [0.5, 0.6) is 0 Å². The molecule has 0 saturated carbocycles. The predicted molar refractivity (Wildman–Crippen MR) is 132 cm³/mol. The number of carbonyl (C=O) groups excluding carboxylic acids is 3. The lowest BCUT2D eigenvalue weighted by atomic mass is 9.66. The van der Waals surface area contributed by atoms with Crippen LogP contribution >= 0.6 is 0 Å². The first-order valence-corrected chi connectivity index (χ1v) is 11.6. The summed E-state index contributed by atoms with van der Waals surface area (Å²) in [4.78, 5) is 54.5. The molecule has 2 heterocycles. The Bertz CT molecular complexity index is 1360. The van der Waals surface area contributed by atoms with Gasteiger partial charge in [-0.15, -0.1) is 0 Å². The largest absolute Gasteiger partial charge is 0.366 e. The number of urea groups is 1. The van der Waals surface area contributed by atoms with E-state index in [2.05, 4.69) is 5.32 Å². The number of non-ortho nitro benzene ring substituents is 1. The average molecular weight is 485 g/mol. The maximum atomic E-state index is 14.2. The predicted octanol–water partition coefficient (Wildman–Crippen LogP) is 3.64. The highest BCUT2D eigenvalue weighted by molar-refractivity contribution is 6.20. The Morgan fingerprint density at radius 3 is 2.33 bits per heavy atom. The minimum absolute atomic E-state index is 0.0757. The number of barbiturate groups is 1. The molecule has 3 aromatic rings. The Kier molecular flexibility index (Phi) is 5.75. The number of hydrogen-bond acceptors (Lipinski definition) is 6. The quantitative estimate of drug-likeness (QED) is 0.336. The number of carbonyl (C=O) groups is 3. The van der Waals surface area contributed by atoms with Crippen LogP contribution in [0.1, 0.15) is 22.7 Å². The van der Waals surface area contributed by atoms with Gasteiger partial charge in [-0.05, 0) is 29.2 Å². The Balaban J connectivity index is 1.62. The summed E-state index contributed by atoms with van der Waals surface area (Å²) in [5.74, 6) is -1.31. The molecule has 5 rings (SSSR count). The van der Waals surface area contributed by atoms with Crippen molar-refractivity contribution in [3.05, 3.63) is 106 Å². The number of rotatable bonds is 5. The molecular weight excluding hydrogens is 460 g/mol. The van der Waals surface area contributed by atoms with Gasteiger partial charge in [0.25, 0.3) is 5.69 Å². The van der Waals surface area contributed by atoms with Gasteiger partial charge in [0.1, 0.15) is 0 Å². The smallest absolute Gasteiger partial charge is 0.330 e. The monoisotopic (exact) mass is 484 g/mol. The average Bonchev–Trinajstić information content (AvgIpc) is 2.88. The minimum atomic E-state index is -1.69. The lowest BCUT2D eigenvalue weighted by molar-refractivity contribution is -0.384. The molecule has 2 atom stereocenters. The van der Waals surface area contributed by atoms with Gasteiger partial charge in [0.05, 0.1) is 11.0 Å². The third-order valence-electron chi connectivity index (χ3n) is 7.06. The SMILES string of the molecule is CN1c2ccc([N+](=O)[O-])cc2C[C@@]2(C(=O)NC(=O)N(CCc3ccccc3)C2=O)[C@H]1c1ccccc1. The number of hydrogen-bond donors (Lipinski definition) is 1. The van der Waals surface area contributed by atoms with Gasteiger partial charge in [-0.2, -0.15) is 0 Å². The maximum Gasteiger partial charge on any atom is 0.330 e. The van der Waals surface area contributed by atoms with E-state index in [1.165, 1.54) is 12.1 Å². The molecule has 9 heteroatoms. The van der Waals surface area contributed by atoms with Crippen molar-refractivity contribution in [1.82, 2.24) is 10.2 Å². The van der Waals surface area contributed by atoms with E-state index in [1.54, 1.807) is 18.0 Å². The summed E-state index contributed by atoms with van der Waals surface area (Å²) in [5, 5.41) is 13.9. The molecule has 0 radical (unpaired) electrons. The van der Waals surface area contributed by atoms with Crippen LogP contribution in [0.15, 0.2) is 78.9 Å². The first kappa shape index (κ1) is 23.2. The third-order valence-corrected chi connectivity index (χ3v) is 7.06. The van der Waals surface area contributed by atoms with E-state index in [0.717, 1.165) is 16.0 Å². The van der Waals surface area contributed by atoms with Gasteiger partial charge in [-0.25, -0.2) is 4.79 Å². The second kappa shape index (κ2) is 8.92. The molecule has 182 valence electrons. The topological polar surface area (TPSA) is 113 Å². The molecule has 9 nitrogen and oxygen atoms in total. The van der Waals surface area contributed by atoms with Crippen molar-refractivity contribution in [1.29, 1.82) is 0 Å². The molecule has 4 amide bonds. The number of amides is 4. The number of nitro benzene ring substituents is 1. The van der Waals surface area contributed by atoms with Crippen LogP contribution in [0.4, 0.5) is 16.2 Å². The summed E-state index contributed by atoms with van der Waals surface area (Å²) in [6.45, 7) is 0.0940. The fraction of sp³-hybridized carbons (Fsp3) is 0.222. The van der Waals surface area contributed by atoms with Crippen molar-refractivity contribution < 1.29 is 19.3 Å². The molecule has 2 aliphatic heterocycles. The highest BCUT2D eigenvalue weighted by atomic mass is 16.6. The molecule has 0 aromatic heterocycles. The van der Waals surface area contributed by atoms with E-state index in [1.807, 2.05) is 60.7 Å². The van der Waals surface area contributed by atoms with E-state index in [-0.39, 0.29) is 18.7 Å². The Morgan fingerprint density at radius 1 is 1.00 bits per heavy atom. The van der Waals surface area contributed by atoms with Crippen LogP contribution in [0.25, 0.3) is 0 Å². The van der Waals surface area contributed by atoms with E-state index >= 15 is 0 Å². The zero-order valence-corrected chi connectivity index (χ0v) is 19.6. The van der Waals surface area contributed by atoms with Gasteiger partial charge in [-0.1, -0.05) is 60.7 Å². The van der Waals surface area contributed by atoms with Crippen molar-refractivity contribution >= 4 is 29.2 Å². The Morgan fingerprint density at radius 2 is 1.67 bits per heavy atom. The second-order valence-corrected chi connectivity index (χ2v) is 9.09. The number of fused-ring (bicyclic) bond motifs is 1. The highest BCUT2D eigenvalue weighted by Crippen LogP contribution is 2.51. The minimum Gasteiger partial charge on any atom is -0.366 e. The number of benzene rings is 3. The first-order chi connectivity index (χ1) is 17.3. The van der Waals surface area contributed by atoms with Crippen molar-refractivity contribution in [3.8, 4) is 0 Å². The summed E-state index contributed by atoms with van der Waals surface area (Å²) >= 11 is 0. The number of nitro groups is 1. The first-order valence-electron chi connectivity index (χ1n) is 11.6. The fourth-order valence-corrected chi connectivity index (χ4v) is 5.37. The van der Waals surface area contributed by atoms with Gasteiger partial charge in [0.15, 0.2) is 5.41 Å². The molecule has 1 spiro atoms. The van der Waals surface area contributed by atoms with Gasteiger partial charge in [0.2, 0.25) is 11.8 Å². The van der Waals surface area contributed by atoms with Gasteiger partial charge in [0, 0.05) is 37.8 Å². The number of nitrogens with one attached hydrogen (secondary N) is 1. The van der Waals surface area contributed by atoms with Crippen LogP contribution in [0.3, 0.4) is 0 Å². The van der Waals surface area contributed by atoms with Gasteiger partial charge in [-0.3, -0.25) is 29.9 Å². The summed E-state index contributed by atoms with van der Waals surface area (Å²) in [5.41, 5.74) is 1.04. The molecular formula is C27H24N4O5. The molecule has 2 aliphatic rings. The third kappa shape index (κ3) is 3.69. The highest BCUT2D eigenvalue weighted by Gasteiger charge is 2.62. The zero-order valence-electron chi connectivity index (χ0n) is 19.6. The fourth-order valence-electron chi connectivity index (χ4n) is 5.37. The Labute approximate surface area is 207 Å². The second-order valence-electron chi connectivity index (χ2n) is 9.09. The molecule has 0 bridgehead atoms. The van der Waals surface area contributed by atoms with Gasteiger partial charge >= 0.3 is 6.03 Å². The van der Waals surface area contributed by atoms with Crippen LogP contribution in [-0.2, 0) is 22.4 Å². The molecule has 0 aliphatic carbocycles. The van der Waals surface area contributed by atoms with Crippen LogP contribution in [0.2, 0.25) is 0 Å². The molecule has 1 saturated heterocycles. The summed E-state index contributed by atoms with van der Waals surface area (Å²) in [7, 11) is 1.76. The standard InChI is InChI=1S/C27H24N4O5/c1-29-22-13-12-21(31(35)36)16-20(22)17-27(23(29)19-10-6-3-7-11-19)24(32)28-26(34)30(25(27)33)15-14-18-8-4-2-5-9-18/h2-13,16,23H,14-15,17H2,1H3,(H,28,32,34)/t23-,27+/m1/s1. The van der Waals surface area contributed by atoms with Crippen LogP contribution in [-0.4, -0.2) is 41.3 Å². The van der Waals surface area contributed by atoms with Crippen molar-refractivity contribution in [2.24, 2.45) is 5.41 Å². The Hall–Kier alpha value is -4.53. The lowest BCUT2D eigenvalue weighted by Crippen LogP contribution is -2.69. The molecule has 3 aromatic carbocycles. The van der Waals surface area contributed by atoms with E-state index in [0.29, 0.717) is 17.7 Å². The van der Waals surface area contributed by atoms with E-state index < -0.39 is 34.2 Å². The maximum absolute atomic E-state index is 14.2. The lowest BCUT2D eigenvalue weighted by Gasteiger charge is -2.51. The number of imide groups is 2. The normalized spacial score (nSPS) is 21.4. The number of nitrogens with zero attached hydrogens (tertiary/aromatic N) is 3. The summed E-state index contributed by atoms with van der Waals surface area (Å²) in [6, 6.07) is 21.6. The van der Waals surface area contributed by atoms with Crippen LogP contribution < -0.4 is 10.2 Å². The zero-order chi connectivity index (χ0) is 25.4. The molecule has 1 fully saturated rings. The summed E-state index contributed by atoms with van der Waals surface area (Å²) in [6.07, 6.45) is 0.353. The van der Waals surface area contributed by atoms with Gasteiger partial charge < -0.3 is 4.90 Å².